The van der Waals surface area contributed by atoms with Crippen LogP contribution in [-0.4, -0.2) is 49.8 Å². The Bertz CT molecular complexity index is 587. The van der Waals surface area contributed by atoms with E-state index in [0.29, 0.717) is 33.7 Å². The minimum absolute atomic E-state index is 0.319. The van der Waals surface area contributed by atoms with Crippen LogP contribution in [0.3, 0.4) is 0 Å². The van der Waals surface area contributed by atoms with Crippen LogP contribution in [0.25, 0.3) is 0 Å². The second kappa shape index (κ2) is 7.27. The molecule has 1 atom stereocenters. The van der Waals surface area contributed by atoms with Gasteiger partial charge >= 0.3 is 0 Å². The maximum atomic E-state index is 12.8. The molecule has 1 unspecified atom stereocenters. The van der Waals surface area contributed by atoms with Crippen LogP contribution >= 0.6 is 38.9 Å². The number of rotatable bonds is 6. The summed E-state index contributed by atoms with van der Waals surface area (Å²) >= 11 is 10.5. The largest absolute Gasteiger partial charge is 0.300 e. The first kappa shape index (κ1) is 17.7. The van der Waals surface area contributed by atoms with E-state index in [9.17, 15) is 8.42 Å². The van der Waals surface area contributed by atoms with Crippen molar-refractivity contribution in [2.75, 3.05) is 26.2 Å². The van der Waals surface area contributed by atoms with E-state index in [-0.39, 0.29) is 0 Å². The van der Waals surface area contributed by atoms with Crippen molar-refractivity contribution in [2.24, 2.45) is 0 Å². The summed E-state index contributed by atoms with van der Waals surface area (Å²) in [5.41, 5.74) is 0. The lowest BCUT2D eigenvalue weighted by Crippen LogP contribution is -2.38. The summed E-state index contributed by atoms with van der Waals surface area (Å²) in [5.74, 6) is 0.334. The molecule has 1 aromatic rings. The van der Waals surface area contributed by atoms with Crippen LogP contribution in [0.2, 0.25) is 0 Å². The lowest BCUT2D eigenvalue weighted by molar-refractivity contribution is 0.224. The zero-order chi connectivity index (χ0) is 15.6. The molecule has 2 rings (SSSR count). The number of alkyl halides is 1. The number of sulfonamides is 1. The highest BCUT2D eigenvalue weighted by Crippen LogP contribution is 2.35. The summed E-state index contributed by atoms with van der Waals surface area (Å²) in [6, 6.07) is 2.00. The fourth-order valence-electron chi connectivity index (χ4n) is 2.75. The molecule has 0 saturated carbocycles. The maximum absolute atomic E-state index is 12.8. The van der Waals surface area contributed by atoms with Crippen molar-refractivity contribution in [3.8, 4) is 0 Å². The number of nitrogens with zero attached hydrogens (tertiary/aromatic N) is 2. The molecule has 0 radical (unpaired) electrons. The van der Waals surface area contributed by atoms with E-state index >= 15 is 0 Å². The van der Waals surface area contributed by atoms with Gasteiger partial charge in [0, 0.05) is 24.0 Å². The lowest BCUT2D eigenvalue weighted by atomic mass is 10.2. The summed E-state index contributed by atoms with van der Waals surface area (Å²) in [6.45, 7) is 7.29. The van der Waals surface area contributed by atoms with E-state index in [4.69, 9.17) is 11.6 Å². The summed E-state index contributed by atoms with van der Waals surface area (Å²) in [4.78, 5) is 3.53. The average molecular weight is 416 g/mol. The smallest absolute Gasteiger partial charge is 0.245 e. The Morgan fingerprint density at radius 1 is 1.48 bits per heavy atom. The van der Waals surface area contributed by atoms with Gasteiger partial charge in [0.05, 0.1) is 9.67 Å². The van der Waals surface area contributed by atoms with E-state index in [1.807, 2.05) is 0 Å². The fourth-order valence-corrected chi connectivity index (χ4v) is 6.96. The first-order valence-corrected chi connectivity index (χ1v) is 10.6. The molecule has 0 spiro atoms. The SMILES string of the molecule is CCN(CC)C1CCN(S(=O)(=O)c2cc(CCl)sc2Br)C1. The highest BCUT2D eigenvalue weighted by Gasteiger charge is 2.36. The van der Waals surface area contributed by atoms with Crippen molar-refractivity contribution in [3.05, 3.63) is 14.7 Å². The van der Waals surface area contributed by atoms with E-state index in [2.05, 4.69) is 34.7 Å². The molecule has 4 nitrogen and oxygen atoms in total. The topological polar surface area (TPSA) is 40.6 Å². The summed E-state index contributed by atoms with van der Waals surface area (Å²) < 4.78 is 27.8. The van der Waals surface area contributed by atoms with Crippen molar-refractivity contribution in [1.29, 1.82) is 0 Å². The first-order chi connectivity index (χ1) is 9.93. The molecule has 21 heavy (non-hydrogen) atoms. The van der Waals surface area contributed by atoms with Crippen LogP contribution in [0.15, 0.2) is 14.7 Å². The van der Waals surface area contributed by atoms with Gasteiger partial charge in [-0.2, -0.15) is 4.31 Å². The standard InChI is InChI=1S/C13H20BrClN2O2S2/c1-3-16(4-2)10-5-6-17(9-10)21(18,19)12-7-11(8-15)20-13(12)14/h7,10H,3-6,8-9H2,1-2H3. The third kappa shape index (κ3) is 3.64. The van der Waals surface area contributed by atoms with Crippen molar-refractivity contribution in [1.82, 2.24) is 9.21 Å². The van der Waals surface area contributed by atoms with Gasteiger partial charge in [-0.1, -0.05) is 13.8 Å². The number of hydrogen-bond acceptors (Lipinski definition) is 4. The predicted molar refractivity (Wildman–Crippen MR) is 91.7 cm³/mol. The Balaban J connectivity index is 2.19. The summed E-state index contributed by atoms with van der Waals surface area (Å²) in [6.07, 6.45) is 0.894. The average Bonchev–Trinajstić information content (AvgIpc) is 3.07. The Morgan fingerprint density at radius 2 is 2.14 bits per heavy atom. The van der Waals surface area contributed by atoms with Gasteiger partial charge in [0.15, 0.2) is 0 Å². The van der Waals surface area contributed by atoms with Gasteiger partial charge in [-0.05, 0) is 41.5 Å². The van der Waals surface area contributed by atoms with E-state index in [1.54, 1.807) is 10.4 Å². The van der Waals surface area contributed by atoms with Crippen LogP contribution in [0.5, 0.6) is 0 Å². The molecule has 0 bridgehead atoms. The zero-order valence-electron chi connectivity index (χ0n) is 12.2. The Labute approximate surface area is 144 Å². The molecule has 2 heterocycles. The minimum Gasteiger partial charge on any atom is -0.300 e. The second-order valence-electron chi connectivity index (χ2n) is 5.01. The van der Waals surface area contributed by atoms with Crippen LogP contribution in [-0.2, 0) is 15.9 Å². The third-order valence-corrected chi connectivity index (χ3v) is 8.47. The predicted octanol–water partition coefficient (Wildman–Crippen LogP) is 3.35. The molecular weight excluding hydrogens is 396 g/mol. The molecule has 1 aliphatic heterocycles. The van der Waals surface area contributed by atoms with Crippen molar-refractivity contribution >= 4 is 48.9 Å². The Hall–Kier alpha value is 0.340. The van der Waals surface area contributed by atoms with Gasteiger partial charge in [0.25, 0.3) is 0 Å². The third-order valence-electron chi connectivity index (χ3n) is 3.91. The van der Waals surface area contributed by atoms with Gasteiger partial charge in [-0.25, -0.2) is 8.42 Å². The van der Waals surface area contributed by atoms with E-state index in [1.165, 1.54) is 11.3 Å². The highest BCUT2D eigenvalue weighted by molar-refractivity contribution is 9.11. The van der Waals surface area contributed by atoms with Crippen molar-refractivity contribution < 1.29 is 8.42 Å². The van der Waals surface area contributed by atoms with Crippen LogP contribution in [0.4, 0.5) is 0 Å². The van der Waals surface area contributed by atoms with E-state index < -0.39 is 10.0 Å². The number of hydrogen-bond donors (Lipinski definition) is 0. The van der Waals surface area contributed by atoms with Gasteiger partial charge in [-0.3, -0.25) is 4.90 Å². The summed E-state index contributed by atoms with van der Waals surface area (Å²) in [5, 5.41) is 0. The molecule has 8 heteroatoms. The quantitative estimate of drug-likeness (QED) is 0.669. The minimum atomic E-state index is -3.43. The zero-order valence-corrected chi connectivity index (χ0v) is 16.2. The lowest BCUT2D eigenvalue weighted by Gasteiger charge is -2.26. The van der Waals surface area contributed by atoms with Crippen molar-refractivity contribution in [3.63, 3.8) is 0 Å². The first-order valence-electron chi connectivity index (χ1n) is 7.02. The van der Waals surface area contributed by atoms with Gasteiger partial charge in [0.2, 0.25) is 10.0 Å². The molecule has 1 fully saturated rings. The molecule has 1 saturated heterocycles. The van der Waals surface area contributed by atoms with Crippen LogP contribution in [0.1, 0.15) is 25.1 Å². The number of likely N-dealkylation sites (N-methyl/N-ethyl adjacent to an activating group) is 1. The second-order valence-corrected chi connectivity index (χ2v) is 9.64. The fraction of sp³-hybridized carbons (Fsp3) is 0.692. The maximum Gasteiger partial charge on any atom is 0.245 e. The molecule has 0 aromatic carbocycles. The van der Waals surface area contributed by atoms with E-state index in [0.717, 1.165) is 24.4 Å². The monoisotopic (exact) mass is 414 g/mol. The van der Waals surface area contributed by atoms with Gasteiger partial charge in [-0.15, -0.1) is 22.9 Å². The molecule has 0 N–H and O–H groups in total. The summed E-state index contributed by atoms with van der Waals surface area (Å²) in [7, 11) is -3.43. The van der Waals surface area contributed by atoms with Crippen LogP contribution in [0, 0.1) is 0 Å². The number of halogens is 2. The molecule has 0 amide bonds. The van der Waals surface area contributed by atoms with Gasteiger partial charge < -0.3 is 0 Å². The normalized spacial score (nSPS) is 20.5. The molecule has 1 aromatic heterocycles. The van der Waals surface area contributed by atoms with Gasteiger partial charge in [0.1, 0.15) is 4.90 Å². The Kier molecular flexibility index (Phi) is 6.13. The molecule has 1 aliphatic rings. The molecule has 0 aliphatic carbocycles. The highest BCUT2D eigenvalue weighted by atomic mass is 79.9. The Morgan fingerprint density at radius 3 is 2.67 bits per heavy atom. The molecule has 120 valence electrons. The molecular formula is C13H20BrClN2O2S2. The van der Waals surface area contributed by atoms with Crippen molar-refractivity contribution in [2.45, 2.75) is 37.1 Å². The number of thiophene rings is 1. The van der Waals surface area contributed by atoms with Crippen LogP contribution < -0.4 is 0 Å².